The molecule has 1 heterocycles. The number of amides is 3. The van der Waals surface area contributed by atoms with Crippen molar-refractivity contribution in [3.05, 3.63) is 71.8 Å². The Labute approximate surface area is 241 Å². The van der Waals surface area contributed by atoms with Gasteiger partial charge in [0.1, 0.15) is 17.7 Å². The van der Waals surface area contributed by atoms with Gasteiger partial charge < -0.3 is 19.5 Å². The Kier molecular flexibility index (Phi) is 10.1. The van der Waals surface area contributed by atoms with Crippen molar-refractivity contribution in [3.63, 3.8) is 0 Å². The molecular formula is C31H41N3O7. The van der Waals surface area contributed by atoms with E-state index in [-0.39, 0.29) is 18.9 Å². The Morgan fingerprint density at radius 3 is 1.66 bits per heavy atom. The number of rotatable bonds is 9. The summed E-state index contributed by atoms with van der Waals surface area (Å²) in [4.78, 5) is 56.0. The summed E-state index contributed by atoms with van der Waals surface area (Å²) in [5.74, 6) is -1.57. The lowest BCUT2D eigenvalue weighted by atomic mass is 10.1. The van der Waals surface area contributed by atoms with Crippen LogP contribution in [0.3, 0.4) is 0 Å². The summed E-state index contributed by atoms with van der Waals surface area (Å²) in [5, 5.41) is 9.66. The van der Waals surface area contributed by atoms with Crippen molar-refractivity contribution in [2.45, 2.75) is 84.3 Å². The minimum Gasteiger partial charge on any atom is -0.480 e. The quantitative estimate of drug-likeness (QED) is 0.454. The molecule has 10 nitrogen and oxygen atoms in total. The summed E-state index contributed by atoms with van der Waals surface area (Å²) in [6, 6.07) is 17.9. The van der Waals surface area contributed by atoms with Gasteiger partial charge >= 0.3 is 18.2 Å². The van der Waals surface area contributed by atoms with Gasteiger partial charge in [-0.05, 0) is 59.1 Å². The Morgan fingerprint density at radius 1 is 0.829 bits per heavy atom. The second-order valence-electron chi connectivity index (χ2n) is 12.2. The standard InChI is InChI=1S/C31H41N3O7/c1-30(2,3)40-28(38)34(29(39)41-31(4,5)6)20-24-17-25(27(37)33(24)21-26(35)36)32(18-22-13-9-7-10-14-22)19-23-15-11-8-12-16-23/h7-16,24-25H,17-21H2,1-6H3,(H,35,36)/t24-,25+/m0/s1. The molecule has 1 fully saturated rings. The summed E-state index contributed by atoms with van der Waals surface area (Å²) in [6.07, 6.45) is -1.65. The van der Waals surface area contributed by atoms with Gasteiger partial charge in [0.25, 0.3) is 0 Å². The fraction of sp³-hybridized carbons (Fsp3) is 0.484. The molecule has 2 aromatic carbocycles. The molecule has 41 heavy (non-hydrogen) atoms. The van der Waals surface area contributed by atoms with Gasteiger partial charge in [0, 0.05) is 13.1 Å². The van der Waals surface area contributed by atoms with Crippen LogP contribution in [-0.4, -0.2) is 80.2 Å². The van der Waals surface area contributed by atoms with Gasteiger partial charge in [-0.3, -0.25) is 14.5 Å². The van der Waals surface area contributed by atoms with Crippen LogP contribution < -0.4 is 0 Å². The molecule has 10 heteroatoms. The van der Waals surface area contributed by atoms with Gasteiger partial charge in [-0.15, -0.1) is 0 Å². The summed E-state index contributed by atoms with van der Waals surface area (Å²) in [5.41, 5.74) is 0.199. The first kappa shape index (κ1) is 31.6. The van der Waals surface area contributed by atoms with E-state index in [9.17, 15) is 24.3 Å². The van der Waals surface area contributed by atoms with Crippen LogP contribution in [0.2, 0.25) is 0 Å². The van der Waals surface area contributed by atoms with Crippen molar-refractivity contribution < 1.29 is 33.8 Å². The van der Waals surface area contributed by atoms with E-state index in [0.717, 1.165) is 16.0 Å². The fourth-order valence-electron chi connectivity index (χ4n) is 4.67. The highest BCUT2D eigenvalue weighted by Gasteiger charge is 2.46. The molecule has 1 aliphatic rings. The van der Waals surface area contributed by atoms with Crippen molar-refractivity contribution in [1.29, 1.82) is 0 Å². The zero-order valence-corrected chi connectivity index (χ0v) is 24.7. The molecular weight excluding hydrogens is 526 g/mol. The van der Waals surface area contributed by atoms with Gasteiger partial charge in [-0.1, -0.05) is 60.7 Å². The predicted molar refractivity (Wildman–Crippen MR) is 153 cm³/mol. The first-order valence-electron chi connectivity index (χ1n) is 13.7. The van der Waals surface area contributed by atoms with Crippen LogP contribution in [0.1, 0.15) is 59.1 Å². The van der Waals surface area contributed by atoms with E-state index in [1.807, 2.05) is 65.6 Å². The zero-order valence-electron chi connectivity index (χ0n) is 24.7. The van der Waals surface area contributed by atoms with Crippen LogP contribution in [-0.2, 0) is 32.2 Å². The number of hydrogen-bond donors (Lipinski definition) is 1. The van der Waals surface area contributed by atoms with Crippen molar-refractivity contribution in [2.24, 2.45) is 0 Å². The average molecular weight is 568 g/mol. The van der Waals surface area contributed by atoms with E-state index in [1.54, 1.807) is 41.5 Å². The third-order valence-electron chi connectivity index (χ3n) is 6.33. The van der Waals surface area contributed by atoms with Crippen molar-refractivity contribution >= 4 is 24.1 Å². The molecule has 222 valence electrons. The normalized spacial score (nSPS) is 17.4. The van der Waals surface area contributed by atoms with E-state index in [1.165, 1.54) is 4.90 Å². The molecule has 3 amide bonds. The second kappa shape index (κ2) is 13.2. The Balaban J connectivity index is 1.95. The molecule has 2 aromatic rings. The lowest BCUT2D eigenvalue weighted by molar-refractivity contribution is -0.145. The topological polar surface area (TPSA) is 117 Å². The maximum atomic E-state index is 13.8. The molecule has 3 rings (SSSR count). The first-order chi connectivity index (χ1) is 19.1. The number of likely N-dealkylation sites (tertiary alicyclic amines) is 1. The second-order valence-corrected chi connectivity index (χ2v) is 12.2. The lowest BCUT2D eigenvalue weighted by Crippen LogP contribution is -2.50. The van der Waals surface area contributed by atoms with Crippen molar-refractivity contribution in [3.8, 4) is 0 Å². The summed E-state index contributed by atoms with van der Waals surface area (Å²) >= 11 is 0. The monoisotopic (exact) mass is 567 g/mol. The predicted octanol–water partition coefficient (Wildman–Crippen LogP) is 4.92. The molecule has 0 radical (unpaired) electrons. The Morgan fingerprint density at radius 2 is 1.27 bits per heavy atom. The summed E-state index contributed by atoms with van der Waals surface area (Å²) in [7, 11) is 0. The van der Waals surface area contributed by atoms with Gasteiger partial charge in [0.15, 0.2) is 0 Å². The molecule has 0 bridgehead atoms. The van der Waals surface area contributed by atoms with Gasteiger partial charge in [0.2, 0.25) is 5.91 Å². The zero-order chi connectivity index (χ0) is 30.4. The Hall–Kier alpha value is -3.92. The van der Waals surface area contributed by atoms with Crippen LogP contribution >= 0.6 is 0 Å². The van der Waals surface area contributed by atoms with E-state index in [2.05, 4.69) is 0 Å². The number of carboxylic acids is 1. The molecule has 0 saturated carbocycles. The largest absolute Gasteiger partial charge is 0.480 e. The average Bonchev–Trinajstić information content (AvgIpc) is 3.15. The Bertz CT molecular complexity index is 1140. The van der Waals surface area contributed by atoms with E-state index >= 15 is 0 Å². The molecule has 0 aromatic heterocycles. The first-order valence-corrected chi connectivity index (χ1v) is 13.7. The molecule has 1 aliphatic heterocycles. The number of imide groups is 1. The summed E-state index contributed by atoms with van der Waals surface area (Å²) in [6.45, 7) is 10.1. The lowest BCUT2D eigenvalue weighted by Gasteiger charge is -2.32. The highest BCUT2D eigenvalue weighted by Crippen LogP contribution is 2.28. The molecule has 0 unspecified atom stereocenters. The van der Waals surface area contributed by atoms with Crippen molar-refractivity contribution in [1.82, 2.24) is 14.7 Å². The molecule has 1 saturated heterocycles. The highest BCUT2D eigenvalue weighted by molar-refractivity contribution is 5.90. The van der Waals surface area contributed by atoms with E-state index in [4.69, 9.17) is 9.47 Å². The molecule has 1 N–H and O–H groups in total. The van der Waals surface area contributed by atoms with Crippen LogP contribution in [0.5, 0.6) is 0 Å². The number of hydrogen-bond acceptors (Lipinski definition) is 7. The maximum absolute atomic E-state index is 13.8. The van der Waals surface area contributed by atoms with Crippen molar-refractivity contribution in [2.75, 3.05) is 13.1 Å². The van der Waals surface area contributed by atoms with E-state index < -0.39 is 48.0 Å². The van der Waals surface area contributed by atoms with Crippen LogP contribution in [0.4, 0.5) is 9.59 Å². The van der Waals surface area contributed by atoms with Gasteiger partial charge in [0.05, 0.1) is 18.6 Å². The SMILES string of the molecule is CC(C)(C)OC(=O)N(C[C@@H]1C[C@@H](N(Cc2ccccc2)Cc2ccccc2)C(=O)N1CC(=O)O)C(=O)OC(C)(C)C. The van der Waals surface area contributed by atoms with Crippen LogP contribution in [0.15, 0.2) is 60.7 Å². The van der Waals surface area contributed by atoms with Crippen LogP contribution in [0.25, 0.3) is 0 Å². The molecule has 0 spiro atoms. The highest BCUT2D eigenvalue weighted by atomic mass is 16.6. The minimum absolute atomic E-state index is 0.202. The molecule has 2 atom stereocenters. The number of carbonyl (C=O) groups is 4. The minimum atomic E-state index is -1.19. The van der Waals surface area contributed by atoms with Crippen LogP contribution in [0, 0.1) is 0 Å². The smallest absolute Gasteiger partial charge is 0.419 e. The van der Waals surface area contributed by atoms with Gasteiger partial charge in [-0.2, -0.15) is 0 Å². The fourth-order valence-corrected chi connectivity index (χ4v) is 4.67. The van der Waals surface area contributed by atoms with Gasteiger partial charge in [-0.25, -0.2) is 14.5 Å². The maximum Gasteiger partial charge on any atom is 0.419 e. The number of nitrogens with zero attached hydrogens (tertiary/aromatic N) is 3. The number of benzene rings is 2. The number of ether oxygens (including phenoxy) is 2. The third-order valence-corrected chi connectivity index (χ3v) is 6.33. The van der Waals surface area contributed by atoms with E-state index in [0.29, 0.717) is 13.1 Å². The molecule has 0 aliphatic carbocycles. The number of carboxylic acid groups (broad SMARTS) is 1. The number of aliphatic carboxylic acids is 1. The summed E-state index contributed by atoms with van der Waals surface area (Å²) < 4.78 is 11.0. The third kappa shape index (κ3) is 9.60. The number of carbonyl (C=O) groups excluding carboxylic acids is 3.